The molecule has 0 aliphatic carbocycles. The van der Waals surface area contributed by atoms with Crippen molar-refractivity contribution in [3.63, 3.8) is 0 Å². The molecule has 0 atom stereocenters. The van der Waals surface area contributed by atoms with Gasteiger partial charge in [0.15, 0.2) is 12.4 Å². The van der Waals surface area contributed by atoms with E-state index in [0.717, 1.165) is 16.9 Å². The monoisotopic (exact) mass is 337 g/mol. The lowest BCUT2D eigenvalue weighted by atomic mass is 10.1. The summed E-state index contributed by atoms with van der Waals surface area (Å²) in [6, 6.07) is 14.5. The Bertz CT molecular complexity index is 913. The standard InChI is InChI=1S/C19H19N3O3/c1-13(23)14-7-9-15(10-8-14)25-12-19(24)20-11-18-21-16-5-3-4-6-17(16)22(18)2/h3-10H,11-12H2,1-2H3,(H,20,24). The summed E-state index contributed by atoms with van der Waals surface area (Å²) in [5.41, 5.74) is 2.53. The Balaban J connectivity index is 1.54. The maximum absolute atomic E-state index is 12.0. The van der Waals surface area contributed by atoms with E-state index in [9.17, 15) is 9.59 Å². The smallest absolute Gasteiger partial charge is 0.258 e. The summed E-state index contributed by atoms with van der Waals surface area (Å²) < 4.78 is 7.38. The molecule has 1 heterocycles. The van der Waals surface area contributed by atoms with E-state index in [1.165, 1.54) is 6.92 Å². The molecule has 0 spiro atoms. The highest BCUT2D eigenvalue weighted by Crippen LogP contribution is 2.14. The molecule has 3 aromatic rings. The zero-order chi connectivity index (χ0) is 17.8. The van der Waals surface area contributed by atoms with E-state index in [1.54, 1.807) is 24.3 Å². The zero-order valence-electron chi connectivity index (χ0n) is 14.2. The van der Waals surface area contributed by atoms with E-state index in [1.807, 2.05) is 35.9 Å². The Hall–Kier alpha value is -3.15. The molecular weight excluding hydrogens is 318 g/mol. The molecule has 0 aliphatic heterocycles. The minimum absolute atomic E-state index is 0.00764. The number of fused-ring (bicyclic) bond motifs is 1. The van der Waals surface area contributed by atoms with Crippen molar-refractivity contribution >= 4 is 22.7 Å². The number of aromatic nitrogens is 2. The molecule has 1 N–H and O–H groups in total. The molecule has 128 valence electrons. The van der Waals surface area contributed by atoms with Crippen LogP contribution in [0.5, 0.6) is 5.75 Å². The number of nitrogens with one attached hydrogen (secondary N) is 1. The summed E-state index contributed by atoms with van der Waals surface area (Å²) in [6.07, 6.45) is 0. The van der Waals surface area contributed by atoms with Crippen molar-refractivity contribution < 1.29 is 14.3 Å². The quantitative estimate of drug-likeness (QED) is 0.701. The Labute approximate surface area is 145 Å². The summed E-state index contributed by atoms with van der Waals surface area (Å²) in [7, 11) is 1.92. The number of Topliss-reactive ketones (excluding diaryl/α,β-unsaturated/α-hetero) is 1. The third-order valence-electron chi connectivity index (χ3n) is 3.95. The van der Waals surface area contributed by atoms with Gasteiger partial charge in [0.1, 0.15) is 11.6 Å². The SMILES string of the molecule is CC(=O)c1ccc(OCC(=O)NCc2nc3ccccc3n2C)cc1. The van der Waals surface area contributed by atoms with Crippen LogP contribution in [0.3, 0.4) is 0 Å². The highest BCUT2D eigenvalue weighted by Gasteiger charge is 2.09. The first kappa shape index (κ1) is 16.7. The van der Waals surface area contributed by atoms with E-state index < -0.39 is 0 Å². The number of benzene rings is 2. The number of rotatable bonds is 6. The Kier molecular flexibility index (Phi) is 4.79. The van der Waals surface area contributed by atoms with Gasteiger partial charge in [0, 0.05) is 12.6 Å². The second-order valence-corrected chi connectivity index (χ2v) is 5.72. The first-order valence-corrected chi connectivity index (χ1v) is 7.95. The van der Waals surface area contributed by atoms with E-state index >= 15 is 0 Å². The van der Waals surface area contributed by atoms with Gasteiger partial charge in [-0.05, 0) is 43.3 Å². The van der Waals surface area contributed by atoms with Crippen molar-refractivity contribution in [2.45, 2.75) is 13.5 Å². The first-order chi connectivity index (χ1) is 12.0. The Morgan fingerprint density at radius 2 is 1.84 bits per heavy atom. The van der Waals surface area contributed by atoms with Gasteiger partial charge in [-0.3, -0.25) is 9.59 Å². The average molecular weight is 337 g/mol. The van der Waals surface area contributed by atoms with Crippen LogP contribution < -0.4 is 10.1 Å². The average Bonchev–Trinajstić information content (AvgIpc) is 2.95. The summed E-state index contributed by atoms with van der Waals surface area (Å²) >= 11 is 0. The second-order valence-electron chi connectivity index (χ2n) is 5.72. The number of carbonyl (C=O) groups is 2. The van der Waals surface area contributed by atoms with E-state index in [4.69, 9.17) is 4.74 Å². The molecule has 6 nitrogen and oxygen atoms in total. The van der Waals surface area contributed by atoms with Gasteiger partial charge in [0.25, 0.3) is 5.91 Å². The van der Waals surface area contributed by atoms with Gasteiger partial charge in [0.2, 0.25) is 0 Å². The van der Waals surface area contributed by atoms with E-state index in [0.29, 0.717) is 17.9 Å². The normalized spacial score (nSPS) is 10.6. The van der Waals surface area contributed by atoms with Crippen LogP contribution >= 0.6 is 0 Å². The third kappa shape index (κ3) is 3.85. The van der Waals surface area contributed by atoms with Crippen LogP contribution in [0.1, 0.15) is 23.1 Å². The lowest BCUT2D eigenvalue weighted by Gasteiger charge is -2.08. The Morgan fingerprint density at radius 3 is 2.52 bits per heavy atom. The number of hydrogen-bond donors (Lipinski definition) is 1. The van der Waals surface area contributed by atoms with Gasteiger partial charge in [-0.1, -0.05) is 12.1 Å². The molecule has 0 aliphatic rings. The molecule has 3 rings (SSSR count). The number of nitrogens with zero attached hydrogens (tertiary/aromatic N) is 2. The lowest BCUT2D eigenvalue weighted by molar-refractivity contribution is -0.123. The third-order valence-corrected chi connectivity index (χ3v) is 3.95. The second kappa shape index (κ2) is 7.17. The van der Waals surface area contributed by atoms with Crippen LogP contribution in [-0.2, 0) is 18.4 Å². The number of imidazole rings is 1. The van der Waals surface area contributed by atoms with Crippen LogP contribution in [0.25, 0.3) is 11.0 Å². The van der Waals surface area contributed by atoms with Crippen molar-refractivity contribution in [3.8, 4) is 5.75 Å². The summed E-state index contributed by atoms with van der Waals surface area (Å²) in [4.78, 5) is 27.7. The molecule has 0 fully saturated rings. The maximum atomic E-state index is 12.0. The number of ether oxygens (including phenoxy) is 1. The predicted octanol–water partition coefficient (Wildman–Crippen LogP) is 2.47. The molecule has 0 bridgehead atoms. The molecule has 6 heteroatoms. The van der Waals surface area contributed by atoms with Gasteiger partial charge < -0.3 is 14.6 Å². The Morgan fingerprint density at radius 1 is 1.12 bits per heavy atom. The highest BCUT2D eigenvalue weighted by atomic mass is 16.5. The fourth-order valence-electron chi connectivity index (χ4n) is 2.52. The van der Waals surface area contributed by atoms with Gasteiger partial charge in [-0.25, -0.2) is 4.98 Å². The van der Waals surface area contributed by atoms with E-state index in [2.05, 4.69) is 10.3 Å². The summed E-state index contributed by atoms with van der Waals surface area (Å²) in [5.74, 6) is 1.08. The molecule has 25 heavy (non-hydrogen) atoms. The minimum Gasteiger partial charge on any atom is -0.484 e. The molecule has 0 unspecified atom stereocenters. The largest absolute Gasteiger partial charge is 0.484 e. The zero-order valence-corrected chi connectivity index (χ0v) is 14.2. The van der Waals surface area contributed by atoms with Crippen LogP contribution in [-0.4, -0.2) is 27.8 Å². The molecular formula is C19H19N3O3. The summed E-state index contributed by atoms with van der Waals surface area (Å²) in [6.45, 7) is 1.74. The van der Waals surface area contributed by atoms with E-state index in [-0.39, 0.29) is 18.3 Å². The van der Waals surface area contributed by atoms with Crippen molar-refractivity contribution in [1.29, 1.82) is 0 Å². The van der Waals surface area contributed by atoms with Crippen LogP contribution in [0.2, 0.25) is 0 Å². The summed E-state index contributed by atoms with van der Waals surface area (Å²) in [5, 5.41) is 2.80. The van der Waals surface area contributed by atoms with Gasteiger partial charge >= 0.3 is 0 Å². The molecule has 1 amide bonds. The number of aryl methyl sites for hydroxylation is 1. The van der Waals surface area contributed by atoms with Gasteiger partial charge in [-0.2, -0.15) is 0 Å². The van der Waals surface area contributed by atoms with Crippen molar-refractivity contribution in [2.75, 3.05) is 6.61 Å². The van der Waals surface area contributed by atoms with Crippen LogP contribution in [0, 0.1) is 0 Å². The van der Waals surface area contributed by atoms with Crippen LogP contribution in [0.4, 0.5) is 0 Å². The van der Waals surface area contributed by atoms with Crippen molar-refractivity contribution in [3.05, 3.63) is 59.9 Å². The first-order valence-electron chi connectivity index (χ1n) is 7.95. The van der Waals surface area contributed by atoms with Crippen molar-refractivity contribution in [2.24, 2.45) is 7.05 Å². The number of carbonyl (C=O) groups excluding carboxylic acids is 2. The molecule has 1 aromatic heterocycles. The number of amides is 1. The molecule has 0 radical (unpaired) electrons. The molecule has 2 aromatic carbocycles. The fourth-order valence-corrected chi connectivity index (χ4v) is 2.52. The molecule has 0 saturated heterocycles. The maximum Gasteiger partial charge on any atom is 0.258 e. The molecule has 0 saturated carbocycles. The highest BCUT2D eigenvalue weighted by molar-refractivity contribution is 5.94. The fraction of sp³-hybridized carbons (Fsp3) is 0.211. The van der Waals surface area contributed by atoms with Gasteiger partial charge in [0.05, 0.1) is 17.6 Å². The number of para-hydroxylation sites is 2. The predicted molar refractivity (Wildman–Crippen MR) is 94.5 cm³/mol. The van der Waals surface area contributed by atoms with Crippen LogP contribution in [0.15, 0.2) is 48.5 Å². The number of hydrogen-bond acceptors (Lipinski definition) is 4. The van der Waals surface area contributed by atoms with Gasteiger partial charge in [-0.15, -0.1) is 0 Å². The lowest BCUT2D eigenvalue weighted by Crippen LogP contribution is -2.29. The minimum atomic E-state index is -0.234. The topological polar surface area (TPSA) is 73.2 Å². The van der Waals surface area contributed by atoms with Crippen molar-refractivity contribution in [1.82, 2.24) is 14.9 Å². The number of ketones is 1.